The zero-order valence-corrected chi connectivity index (χ0v) is 19.6. The lowest BCUT2D eigenvalue weighted by Gasteiger charge is -2.29. The number of anilines is 1. The largest absolute Gasteiger partial charge is 0.396 e. The number of hydrogen-bond donors (Lipinski definition) is 4. The molecule has 1 atom stereocenters. The summed E-state index contributed by atoms with van der Waals surface area (Å²) in [6, 6.07) is 13.9. The highest BCUT2D eigenvalue weighted by Gasteiger charge is 2.27. The van der Waals surface area contributed by atoms with E-state index in [2.05, 4.69) is 15.7 Å². The van der Waals surface area contributed by atoms with Gasteiger partial charge in [-0.25, -0.2) is 5.53 Å². The Hall–Kier alpha value is -4.01. The molecule has 9 heteroatoms. The number of nitrogens with one attached hydrogen (secondary N) is 3. The van der Waals surface area contributed by atoms with Crippen molar-refractivity contribution >= 4 is 34.8 Å². The number of nitrogens with two attached hydrogens (primary N) is 1. The summed E-state index contributed by atoms with van der Waals surface area (Å²) in [5, 5.41) is 8.94. The van der Waals surface area contributed by atoms with Crippen LogP contribution >= 0.6 is 0 Å². The Morgan fingerprint density at radius 1 is 1.06 bits per heavy atom. The summed E-state index contributed by atoms with van der Waals surface area (Å²) >= 11 is 0. The highest BCUT2D eigenvalue weighted by Crippen LogP contribution is 2.36. The second kappa shape index (κ2) is 10.7. The number of nitrogens with zero attached hydrogens (tertiary/aromatic N) is 2. The minimum Gasteiger partial charge on any atom is -0.396 e. The van der Waals surface area contributed by atoms with E-state index in [4.69, 9.17) is 11.3 Å². The van der Waals surface area contributed by atoms with Gasteiger partial charge in [0.05, 0.1) is 17.9 Å². The van der Waals surface area contributed by atoms with Gasteiger partial charge in [0.2, 0.25) is 17.7 Å². The summed E-state index contributed by atoms with van der Waals surface area (Å²) in [5.41, 5.74) is 17.4. The zero-order chi connectivity index (χ0) is 24.8. The van der Waals surface area contributed by atoms with Crippen molar-refractivity contribution in [3.05, 3.63) is 65.2 Å². The van der Waals surface area contributed by atoms with Crippen molar-refractivity contribution in [2.24, 2.45) is 16.8 Å². The van der Waals surface area contributed by atoms with Crippen LogP contribution in [0.3, 0.4) is 0 Å². The third-order valence-electron chi connectivity index (χ3n) is 5.83. The maximum Gasteiger partial charge on any atom is 0.242 e. The summed E-state index contributed by atoms with van der Waals surface area (Å²) < 4.78 is 0. The van der Waals surface area contributed by atoms with Gasteiger partial charge in [-0.2, -0.15) is 5.11 Å². The normalized spacial score (nSPS) is 15.9. The predicted molar refractivity (Wildman–Crippen MR) is 130 cm³/mol. The first kappa shape index (κ1) is 24.6. The number of hydrogen-bond acceptors (Lipinski definition) is 6. The molecule has 178 valence electrons. The van der Waals surface area contributed by atoms with Gasteiger partial charge in [-0.15, -0.1) is 0 Å². The fourth-order valence-electron chi connectivity index (χ4n) is 3.99. The summed E-state index contributed by atoms with van der Waals surface area (Å²) in [5.74, 6) is -1.01. The molecule has 0 saturated carbocycles. The first-order chi connectivity index (χ1) is 16.3. The van der Waals surface area contributed by atoms with Gasteiger partial charge in [0.1, 0.15) is 11.7 Å². The van der Waals surface area contributed by atoms with Gasteiger partial charge in [0.15, 0.2) is 0 Å². The summed E-state index contributed by atoms with van der Waals surface area (Å²) in [6.07, 6.45) is -0.111. The molecule has 0 radical (unpaired) electrons. The number of benzene rings is 2. The molecular weight excluding hydrogens is 432 g/mol. The standard InChI is InChI=1S/C25H30N6O3/c1-15(2)23(25(34)28-3)29-20(32)12-13-21(33)31-14-16-8-4-5-9-17(16)22(26)24(30-27)18-10-6-7-11-19(18)31/h4-11,15,23,27H,12-14,26H2,1-3H3,(H,28,34)(H,29,32)/b24-22-,30-27?/t23-/m1/s1. The molecule has 3 amide bonds. The average Bonchev–Trinajstić information content (AvgIpc) is 2.84. The Morgan fingerprint density at radius 3 is 2.35 bits per heavy atom. The van der Waals surface area contributed by atoms with Crippen LogP contribution < -0.4 is 21.3 Å². The Labute approximate surface area is 198 Å². The molecule has 5 N–H and O–H groups in total. The second-order valence-corrected chi connectivity index (χ2v) is 8.43. The van der Waals surface area contributed by atoms with Crippen molar-refractivity contribution in [2.45, 2.75) is 39.3 Å². The molecule has 0 unspecified atom stereocenters. The van der Waals surface area contributed by atoms with Crippen LogP contribution in [0, 0.1) is 11.4 Å². The number of fused-ring (bicyclic) bond motifs is 2. The minimum absolute atomic E-state index is 0.0482. The quantitative estimate of drug-likeness (QED) is 0.469. The third-order valence-corrected chi connectivity index (χ3v) is 5.83. The summed E-state index contributed by atoms with van der Waals surface area (Å²) in [6.45, 7) is 3.94. The smallest absolute Gasteiger partial charge is 0.242 e. The molecule has 34 heavy (non-hydrogen) atoms. The molecule has 2 aromatic carbocycles. The molecule has 9 nitrogen and oxygen atoms in total. The number of para-hydroxylation sites is 1. The van der Waals surface area contributed by atoms with Gasteiger partial charge in [-0.05, 0) is 17.5 Å². The summed E-state index contributed by atoms with van der Waals surface area (Å²) in [7, 11) is 1.52. The van der Waals surface area contributed by atoms with E-state index < -0.39 is 6.04 Å². The van der Waals surface area contributed by atoms with E-state index in [1.54, 1.807) is 29.2 Å². The molecule has 1 aliphatic heterocycles. The molecule has 0 aromatic heterocycles. The lowest BCUT2D eigenvalue weighted by atomic mass is 9.96. The predicted octanol–water partition coefficient (Wildman–Crippen LogP) is 3.02. The third kappa shape index (κ3) is 5.14. The molecule has 0 bridgehead atoms. The molecule has 0 spiro atoms. The second-order valence-electron chi connectivity index (χ2n) is 8.43. The van der Waals surface area contributed by atoms with Gasteiger partial charge >= 0.3 is 0 Å². The molecule has 1 aliphatic rings. The van der Waals surface area contributed by atoms with Crippen molar-refractivity contribution < 1.29 is 14.4 Å². The van der Waals surface area contributed by atoms with Crippen molar-refractivity contribution in [3.63, 3.8) is 0 Å². The van der Waals surface area contributed by atoms with Crippen LogP contribution in [0.15, 0.2) is 53.6 Å². The maximum absolute atomic E-state index is 13.4. The van der Waals surface area contributed by atoms with Crippen molar-refractivity contribution in [1.82, 2.24) is 10.6 Å². The van der Waals surface area contributed by atoms with Gasteiger partial charge < -0.3 is 21.3 Å². The molecule has 3 rings (SSSR count). The van der Waals surface area contributed by atoms with Crippen LogP contribution in [0.5, 0.6) is 0 Å². The van der Waals surface area contributed by atoms with Gasteiger partial charge in [-0.1, -0.05) is 56.3 Å². The monoisotopic (exact) mass is 462 g/mol. The van der Waals surface area contributed by atoms with Crippen LogP contribution in [0.2, 0.25) is 0 Å². The Kier molecular flexibility index (Phi) is 7.78. The fourth-order valence-corrected chi connectivity index (χ4v) is 3.99. The zero-order valence-electron chi connectivity index (χ0n) is 19.6. The molecular formula is C25H30N6O3. The van der Waals surface area contributed by atoms with Gasteiger partial charge in [-0.3, -0.25) is 14.4 Å². The van der Waals surface area contributed by atoms with Crippen molar-refractivity contribution in [2.75, 3.05) is 11.9 Å². The van der Waals surface area contributed by atoms with E-state index in [0.29, 0.717) is 22.5 Å². The number of carbonyl (C=O) groups is 3. The van der Waals surface area contributed by atoms with Crippen molar-refractivity contribution in [1.29, 1.82) is 5.53 Å². The van der Waals surface area contributed by atoms with Crippen LogP contribution in [-0.2, 0) is 20.9 Å². The fraction of sp³-hybridized carbons (Fsp3) is 0.320. The van der Waals surface area contributed by atoms with Gasteiger partial charge in [0, 0.05) is 31.0 Å². The topological polar surface area (TPSA) is 141 Å². The van der Waals surface area contributed by atoms with E-state index >= 15 is 0 Å². The molecule has 0 saturated heterocycles. The van der Waals surface area contributed by atoms with E-state index in [-0.39, 0.29) is 48.7 Å². The van der Waals surface area contributed by atoms with Crippen molar-refractivity contribution in [3.8, 4) is 0 Å². The number of carbonyl (C=O) groups excluding carboxylic acids is 3. The van der Waals surface area contributed by atoms with E-state index in [9.17, 15) is 14.4 Å². The first-order valence-electron chi connectivity index (χ1n) is 11.1. The molecule has 1 heterocycles. The average molecular weight is 463 g/mol. The SMILES string of the molecule is CNC(=O)[C@H](NC(=O)CCC(=O)N1Cc2ccccc2/C(N)=C(/N=N)c2ccccc21)C(C)C. The minimum atomic E-state index is -0.670. The lowest BCUT2D eigenvalue weighted by Crippen LogP contribution is -2.49. The maximum atomic E-state index is 13.4. The Balaban J connectivity index is 1.88. The molecule has 0 aliphatic carbocycles. The van der Waals surface area contributed by atoms with Crippen LogP contribution in [0.1, 0.15) is 43.4 Å². The van der Waals surface area contributed by atoms with E-state index in [1.165, 1.54) is 7.05 Å². The van der Waals surface area contributed by atoms with E-state index in [1.807, 2.05) is 38.1 Å². The van der Waals surface area contributed by atoms with Gasteiger partial charge in [0.25, 0.3) is 0 Å². The first-order valence-corrected chi connectivity index (χ1v) is 11.1. The molecule has 2 aromatic rings. The Bertz CT molecular complexity index is 1140. The number of amides is 3. The van der Waals surface area contributed by atoms with Crippen LogP contribution in [0.25, 0.3) is 11.4 Å². The van der Waals surface area contributed by atoms with Crippen LogP contribution in [-0.4, -0.2) is 30.8 Å². The number of rotatable bonds is 7. The Morgan fingerprint density at radius 2 is 1.71 bits per heavy atom. The number of likely N-dealkylation sites (N-methyl/N-ethyl adjacent to an activating group) is 1. The molecule has 0 fully saturated rings. The lowest BCUT2D eigenvalue weighted by molar-refractivity contribution is -0.130. The highest BCUT2D eigenvalue weighted by atomic mass is 16.2. The highest BCUT2D eigenvalue weighted by molar-refractivity contribution is 6.02. The van der Waals surface area contributed by atoms with Crippen LogP contribution in [0.4, 0.5) is 5.69 Å². The summed E-state index contributed by atoms with van der Waals surface area (Å²) in [4.78, 5) is 39.6. The van der Waals surface area contributed by atoms with E-state index in [0.717, 1.165) is 5.56 Å².